The number of carbonyl (C=O) groups excluding carboxylic acids is 1. The van der Waals surface area contributed by atoms with Crippen molar-refractivity contribution in [3.05, 3.63) is 0 Å². The zero-order chi connectivity index (χ0) is 12.3. The number of nitrogens with zero attached hydrogens (tertiary/aromatic N) is 1. The Bertz CT molecular complexity index is 265. The Morgan fingerprint density at radius 2 is 2.06 bits per heavy atom. The Labute approximate surface area is 104 Å². The number of rotatable bonds is 4. The van der Waals surface area contributed by atoms with Crippen LogP contribution in [-0.2, 0) is 0 Å². The maximum absolute atomic E-state index is 12.0. The van der Waals surface area contributed by atoms with Gasteiger partial charge in [-0.25, -0.2) is 4.79 Å². The first-order chi connectivity index (χ1) is 8.24. The highest BCUT2D eigenvalue weighted by atomic mass is 16.2. The van der Waals surface area contributed by atoms with E-state index in [4.69, 9.17) is 0 Å². The van der Waals surface area contributed by atoms with Crippen molar-refractivity contribution >= 4 is 6.03 Å². The zero-order valence-electron chi connectivity index (χ0n) is 11.0. The standard InChI is InChI=1S/C13H25N3O/c1-3-10-9-16(8-7-12(10)14-4-2)13(17)15-11-5-6-11/h10-12,14H,3-9H2,1-2H3,(H,15,17). The molecule has 98 valence electrons. The normalized spacial score (nSPS) is 29.2. The molecule has 2 N–H and O–H groups in total. The van der Waals surface area contributed by atoms with Gasteiger partial charge in [0, 0.05) is 25.2 Å². The minimum absolute atomic E-state index is 0.154. The van der Waals surface area contributed by atoms with Crippen LogP contribution in [0.15, 0.2) is 0 Å². The van der Waals surface area contributed by atoms with Gasteiger partial charge in [0.25, 0.3) is 0 Å². The summed E-state index contributed by atoms with van der Waals surface area (Å²) in [7, 11) is 0. The lowest BCUT2D eigenvalue weighted by atomic mass is 9.90. The highest BCUT2D eigenvalue weighted by Crippen LogP contribution is 2.22. The van der Waals surface area contributed by atoms with Crippen LogP contribution in [0.5, 0.6) is 0 Å². The Morgan fingerprint density at radius 3 is 2.65 bits per heavy atom. The molecule has 4 nitrogen and oxygen atoms in total. The molecule has 0 aromatic rings. The van der Waals surface area contributed by atoms with Gasteiger partial charge in [-0.15, -0.1) is 0 Å². The minimum atomic E-state index is 0.154. The SMILES string of the molecule is CCNC1CCN(C(=O)NC2CC2)CC1CC. The van der Waals surface area contributed by atoms with E-state index < -0.39 is 0 Å². The number of urea groups is 1. The van der Waals surface area contributed by atoms with E-state index in [9.17, 15) is 4.79 Å². The van der Waals surface area contributed by atoms with Crippen LogP contribution in [0.1, 0.15) is 39.5 Å². The molecule has 17 heavy (non-hydrogen) atoms. The molecule has 2 unspecified atom stereocenters. The Kier molecular flexibility index (Phi) is 4.26. The van der Waals surface area contributed by atoms with E-state index in [2.05, 4.69) is 24.5 Å². The molecule has 2 rings (SSSR count). The molecular formula is C13H25N3O. The van der Waals surface area contributed by atoms with Gasteiger partial charge >= 0.3 is 6.03 Å². The maximum atomic E-state index is 12.0. The predicted octanol–water partition coefficient (Wildman–Crippen LogP) is 1.57. The van der Waals surface area contributed by atoms with Crippen molar-refractivity contribution in [3.63, 3.8) is 0 Å². The van der Waals surface area contributed by atoms with Crippen LogP contribution < -0.4 is 10.6 Å². The fourth-order valence-corrected chi connectivity index (χ4v) is 2.65. The van der Waals surface area contributed by atoms with Crippen molar-refractivity contribution < 1.29 is 4.79 Å². The molecule has 2 fully saturated rings. The van der Waals surface area contributed by atoms with Gasteiger partial charge in [0.05, 0.1) is 0 Å². The van der Waals surface area contributed by atoms with Crippen molar-refractivity contribution in [2.75, 3.05) is 19.6 Å². The molecule has 1 aliphatic carbocycles. The first kappa shape index (κ1) is 12.7. The summed E-state index contributed by atoms with van der Waals surface area (Å²) in [6, 6.07) is 1.21. The number of amides is 2. The molecule has 0 radical (unpaired) electrons. The van der Waals surface area contributed by atoms with Crippen molar-refractivity contribution in [1.82, 2.24) is 15.5 Å². The summed E-state index contributed by atoms with van der Waals surface area (Å²) in [5.74, 6) is 0.605. The molecule has 2 atom stereocenters. The summed E-state index contributed by atoms with van der Waals surface area (Å²) in [6.07, 6.45) is 4.56. The van der Waals surface area contributed by atoms with Crippen LogP contribution >= 0.6 is 0 Å². The first-order valence-electron chi connectivity index (χ1n) is 7.03. The number of hydrogen-bond acceptors (Lipinski definition) is 2. The average molecular weight is 239 g/mol. The van der Waals surface area contributed by atoms with E-state index in [1.165, 1.54) is 0 Å². The second-order valence-electron chi connectivity index (χ2n) is 5.29. The number of nitrogens with one attached hydrogen (secondary N) is 2. The molecule has 1 heterocycles. The van der Waals surface area contributed by atoms with E-state index in [1.54, 1.807) is 0 Å². The molecule has 0 bridgehead atoms. The van der Waals surface area contributed by atoms with Gasteiger partial charge in [-0.3, -0.25) is 0 Å². The van der Waals surface area contributed by atoms with Crippen molar-refractivity contribution in [2.45, 2.75) is 51.6 Å². The molecule has 2 aliphatic rings. The van der Waals surface area contributed by atoms with Crippen LogP contribution in [0, 0.1) is 5.92 Å². The average Bonchev–Trinajstić information content (AvgIpc) is 3.13. The number of hydrogen-bond donors (Lipinski definition) is 2. The Balaban J connectivity index is 1.83. The quantitative estimate of drug-likeness (QED) is 0.782. The fraction of sp³-hybridized carbons (Fsp3) is 0.923. The van der Waals surface area contributed by atoms with Gasteiger partial charge in [0.15, 0.2) is 0 Å². The summed E-state index contributed by atoms with van der Waals surface area (Å²) in [6.45, 7) is 7.20. The van der Waals surface area contributed by atoms with Gasteiger partial charge in [0.1, 0.15) is 0 Å². The number of likely N-dealkylation sites (tertiary alicyclic amines) is 1. The molecule has 1 saturated heterocycles. The van der Waals surface area contributed by atoms with Crippen LogP contribution in [0.2, 0.25) is 0 Å². The summed E-state index contributed by atoms with van der Waals surface area (Å²) >= 11 is 0. The summed E-state index contributed by atoms with van der Waals surface area (Å²) in [5, 5.41) is 6.62. The molecule has 2 amide bonds. The third kappa shape index (κ3) is 3.35. The lowest BCUT2D eigenvalue weighted by molar-refractivity contribution is 0.142. The minimum Gasteiger partial charge on any atom is -0.335 e. The number of piperidine rings is 1. The Hall–Kier alpha value is -0.770. The van der Waals surface area contributed by atoms with Crippen LogP contribution in [0.4, 0.5) is 4.79 Å². The van der Waals surface area contributed by atoms with Crippen molar-refractivity contribution in [2.24, 2.45) is 5.92 Å². The molecule has 0 aromatic heterocycles. The third-order valence-electron chi connectivity index (χ3n) is 3.92. The second kappa shape index (κ2) is 5.71. The lowest BCUT2D eigenvalue weighted by Crippen LogP contribution is -2.53. The first-order valence-corrected chi connectivity index (χ1v) is 7.03. The van der Waals surface area contributed by atoms with Crippen LogP contribution in [0.3, 0.4) is 0 Å². The van der Waals surface area contributed by atoms with E-state index in [1.807, 2.05) is 4.90 Å². The van der Waals surface area contributed by atoms with Crippen molar-refractivity contribution in [3.8, 4) is 0 Å². The fourth-order valence-electron chi connectivity index (χ4n) is 2.65. The Morgan fingerprint density at radius 1 is 1.29 bits per heavy atom. The van der Waals surface area contributed by atoms with Gasteiger partial charge < -0.3 is 15.5 Å². The molecule has 1 saturated carbocycles. The van der Waals surface area contributed by atoms with E-state index in [0.717, 1.165) is 45.3 Å². The lowest BCUT2D eigenvalue weighted by Gasteiger charge is -2.38. The van der Waals surface area contributed by atoms with E-state index >= 15 is 0 Å². The zero-order valence-corrected chi connectivity index (χ0v) is 11.0. The van der Waals surface area contributed by atoms with Gasteiger partial charge in [-0.05, 0) is 31.7 Å². The molecular weight excluding hydrogens is 214 g/mol. The summed E-state index contributed by atoms with van der Waals surface area (Å²) in [5.41, 5.74) is 0. The monoisotopic (exact) mass is 239 g/mol. The molecule has 4 heteroatoms. The van der Waals surface area contributed by atoms with Gasteiger partial charge in [-0.2, -0.15) is 0 Å². The molecule has 0 spiro atoms. The van der Waals surface area contributed by atoms with Crippen LogP contribution in [-0.4, -0.2) is 42.6 Å². The highest BCUT2D eigenvalue weighted by Gasteiger charge is 2.32. The predicted molar refractivity (Wildman–Crippen MR) is 69.0 cm³/mol. The summed E-state index contributed by atoms with van der Waals surface area (Å²) in [4.78, 5) is 14.0. The topological polar surface area (TPSA) is 44.4 Å². The smallest absolute Gasteiger partial charge is 0.317 e. The molecule has 0 aromatic carbocycles. The van der Waals surface area contributed by atoms with E-state index in [-0.39, 0.29) is 6.03 Å². The maximum Gasteiger partial charge on any atom is 0.317 e. The highest BCUT2D eigenvalue weighted by molar-refractivity contribution is 5.75. The van der Waals surface area contributed by atoms with Gasteiger partial charge in [0.2, 0.25) is 0 Å². The van der Waals surface area contributed by atoms with Gasteiger partial charge in [-0.1, -0.05) is 20.3 Å². The van der Waals surface area contributed by atoms with E-state index in [0.29, 0.717) is 18.0 Å². The number of carbonyl (C=O) groups is 1. The summed E-state index contributed by atoms with van der Waals surface area (Å²) < 4.78 is 0. The van der Waals surface area contributed by atoms with Crippen molar-refractivity contribution in [1.29, 1.82) is 0 Å². The van der Waals surface area contributed by atoms with Crippen LogP contribution in [0.25, 0.3) is 0 Å². The largest absolute Gasteiger partial charge is 0.335 e. The third-order valence-corrected chi connectivity index (χ3v) is 3.92. The molecule has 1 aliphatic heterocycles. The second-order valence-corrected chi connectivity index (χ2v) is 5.29.